The lowest BCUT2D eigenvalue weighted by molar-refractivity contribution is 0.403. The van der Waals surface area contributed by atoms with Gasteiger partial charge in [-0.15, -0.1) is 0 Å². The smallest absolute Gasteiger partial charge is 0.213 e. The van der Waals surface area contributed by atoms with Crippen LogP contribution in [0.2, 0.25) is 0 Å². The molecular weight excluding hydrogens is 204 g/mol. The van der Waals surface area contributed by atoms with Gasteiger partial charge in [0.15, 0.2) is 5.82 Å². The molecule has 2 atom stereocenters. The van der Waals surface area contributed by atoms with Gasteiger partial charge in [-0.1, -0.05) is 5.16 Å². The molecule has 0 bridgehead atoms. The predicted molar refractivity (Wildman–Crippen MR) is 56.9 cm³/mol. The summed E-state index contributed by atoms with van der Waals surface area (Å²) in [4.78, 5) is 8.17. The van der Waals surface area contributed by atoms with E-state index in [1.54, 1.807) is 0 Å². The lowest BCUT2D eigenvalue weighted by atomic mass is 9.89. The molecule has 1 fully saturated rings. The van der Waals surface area contributed by atoms with Gasteiger partial charge in [-0.05, 0) is 17.7 Å². The maximum atomic E-state index is 4.81. The quantitative estimate of drug-likeness (QED) is 0.809. The van der Waals surface area contributed by atoms with Crippen LogP contribution in [-0.2, 0) is 0 Å². The third-order valence-electron chi connectivity index (χ3n) is 3.06. The van der Waals surface area contributed by atoms with Crippen molar-refractivity contribution < 1.29 is 4.52 Å². The summed E-state index contributed by atoms with van der Waals surface area (Å²) in [5.74, 6) is 1.48. The van der Waals surface area contributed by atoms with E-state index in [2.05, 4.69) is 20.4 Å². The Hall–Kier alpha value is -1.75. The fraction of sp³-hybridized carbons (Fsp3) is 0.364. The highest BCUT2D eigenvalue weighted by atomic mass is 16.5. The van der Waals surface area contributed by atoms with Gasteiger partial charge in [0, 0.05) is 37.3 Å². The van der Waals surface area contributed by atoms with Crippen LogP contribution in [0.4, 0.5) is 0 Å². The molecule has 0 aromatic carbocycles. The van der Waals surface area contributed by atoms with Crippen LogP contribution < -0.4 is 5.32 Å². The molecule has 0 spiro atoms. The molecule has 1 aliphatic heterocycles. The normalized spacial score (nSPS) is 24.8. The minimum atomic E-state index is 0.293. The van der Waals surface area contributed by atoms with Crippen molar-refractivity contribution in [1.29, 1.82) is 0 Å². The Morgan fingerprint density at radius 1 is 1.19 bits per heavy atom. The largest absolute Gasteiger partial charge is 0.343 e. The molecule has 16 heavy (non-hydrogen) atoms. The summed E-state index contributed by atoms with van der Waals surface area (Å²) in [5, 5.41) is 7.30. The van der Waals surface area contributed by atoms with E-state index < -0.39 is 0 Å². The van der Waals surface area contributed by atoms with Crippen LogP contribution in [-0.4, -0.2) is 28.2 Å². The fourth-order valence-electron chi connectivity index (χ4n) is 2.25. The molecule has 1 saturated heterocycles. The minimum Gasteiger partial charge on any atom is -0.343 e. The van der Waals surface area contributed by atoms with E-state index in [-0.39, 0.29) is 0 Å². The molecule has 0 unspecified atom stereocenters. The van der Waals surface area contributed by atoms with Crippen LogP contribution in [0, 0.1) is 0 Å². The van der Waals surface area contributed by atoms with Crippen LogP contribution in [0.5, 0.6) is 0 Å². The third kappa shape index (κ3) is 1.59. The molecule has 2 aromatic rings. The number of nitrogens with zero attached hydrogens (tertiary/aromatic N) is 3. The van der Waals surface area contributed by atoms with Crippen molar-refractivity contribution in [2.75, 3.05) is 13.1 Å². The van der Waals surface area contributed by atoms with E-state index in [0.717, 1.165) is 18.9 Å². The summed E-state index contributed by atoms with van der Waals surface area (Å²) in [7, 11) is 0. The summed E-state index contributed by atoms with van der Waals surface area (Å²) < 4.78 is 4.81. The Labute approximate surface area is 92.9 Å². The second-order valence-electron chi connectivity index (χ2n) is 3.94. The van der Waals surface area contributed by atoms with Crippen molar-refractivity contribution in [2.24, 2.45) is 0 Å². The number of rotatable bonds is 2. The standard InChI is InChI=1S/C11H12N4O/c1-3-12-4-2-8(1)9-5-13-6-10(9)11-14-7-16-15-11/h1-4,7,9-10,13H,5-6H2/t9-,10+/m0/s1. The first kappa shape index (κ1) is 9.47. The zero-order valence-electron chi connectivity index (χ0n) is 8.71. The lowest BCUT2D eigenvalue weighted by Crippen LogP contribution is -2.10. The maximum absolute atomic E-state index is 4.81. The van der Waals surface area contributed by atoms with Gasteiger partial charge in [-0.25, -0.2) is 0 Å². The zero-order chi connectivity index (χ0) is 10.8. The maximum Gasteiger partial charge on any atom is 0.213 e. The molecule has 0 saturated carbocycles. The van der Waals surface area contributed by atoms with Crippen molar-refractivity contribution >= 4 is 0 Å². The predicted octanol–water partition coefficient (Wildman–Crippen LogP) is 0.935. The first-order valence-electron chi connectivity index (χ1n) is 5.32. The summed E-state index contributed by atoms with van der Waals surface area (Å²) in [5.41, 5.74) is 1.27. The summed E-state index contributed by atoms with van der Waals surface area (Å²) in [6, 6.07) is 4.09. The highest BCUT2D eigenvalue weighted by molar-refractivity contribution is 5.23. The van der Waals surface area contributed by atoms with Gasteiger partial charge in [0.2, 0.25) is 6.39 Å². The van der Waals surface area contributed by atoms with Crippen molar-refractivity contribution in [1.82, 2.24) is 20.4 Å². The van der Waals surface area contributed by atoms with Crippen LogP contribution in [0.25, 0.3) is 0 Å². The summed E-state index contributed by atoms with van der Waals surface area (Å²) in [6.45, 7) is 1.84. The Kier molecular flexibility index (Phi) is 2.38. The van der Waals surface area contributed by atoms with Gasteiger partial charge in [0.1, 0.15) is 0 Å². The molecule has 2 aromatic heterocycles. The van der Waals surface area contributed by atoms with Crippen LogP contribution in [0.3, 0.4) is 0 Å². The number of hydrogen-bond donors (Lipinski definition) is 1. The summed E-state index contributed by atoms with van der Waals surface area (Å²) >= 11 is 0. The van der Waals surface area contributed by atoms with Crippen LogP contribution in [0.15, 0.2) is 35.4 Å². The molecule has 0 amide bonds. The Morgan fingerprint density at radius 3 is 2.75 bits per heavy atom. The van der Waals surface area contributed by atoms with Gasteiger partial charge >= 0.3 is 0 Å². The van der Waals surface area contributed by atoms with Crippen molar-refractivity contribution in [3.8, 4) is 0 Å². The first-order chi connectivity index (χ1) is 7.95. The topological polar surface area (TPSA) is 63.8 Å². The Morgan fingerprint density at radius 2 is 2.00 bits per heavy atom. The zero-order valence-corrected chi connectivity index (χ0v) is 8.71. The SMILES string of the molecule is c1cc([C@@H]2CNC[C@H]2c2ncon2)ccn1. The molecule has 1 N–H and O–H groups in total. The highest BCUT2D eigenvalue weighted by Crippen LogP contribution is 2.33. The van der Waals surface area contributed by atoms with Crippen molar-refractivity contribution in [2.45, 2.75) is 11.8 Å². The highest BCUT2D eigenvalue weighted by Gasteiger charge is 2.32. The van der Waals surface area contributed by atoms with Gasteiger partial charge in [0.25, 0.3) is 0 Å². The molecule has 5 heteroatoms. The van der Waals surface area contributed by atoms with Gasteiger partial charge in [0.05, 0.1) is 0 Å². The molecule has 5 nitrogen and oxygen atoms in total. The van der Waals surface area contributed by atoms with E-state index in [4.69, 9.17) is 4.52 Å². The van der Waals surface area contributed by atoms with E-state index in [9.17, 15) is 0 Å². The second-order valence-corrected chi connectivity index (χ2v) is 3.94. The number of hydrogen-bond acceptors (Lipinski definition) is 5. The first-order valence-corrected chi connectivity index (χ1v) is 5.32. The van der Waals surface area contributed by atoms with Crippen molar-refractivity contribution in [3.63, 3.8) is 0 Å². The molecule has 82 valence electrons. The molecule has 0 radical (unpaired) electrons. The Bertz CT molecular complexity index is 442. The third-order valence-corrected chi connectivity index (χ3v) is 3.06. The minimum absolute atomic E-state index is 0.293. The van der Waals surface area contributed by atoms with Gasteiger partial charge in [-0.3, -0.25) is 4.98 Å². The lowest BCUT2D eigenvalue weighted by Gasteiger charge is -2.15. The Balaban J connectivity index is 1.90. The van der Waals surface area contributed by atoms with Crippen molar-refractivity contribution in [3.05, 3.63) is 42.3 Å². The number of nitrogens with one attached hydrogen (secondary N) is 1. The number of aromatic nitrogens is 3. The molecule has 0 aliphatic carbocycles. The fourth-order valence-corrected chi connectivity index (χ4v) is 2.25. The van der Waals surface area contributed by atoms with E-state index in [1.807, 2.05) is 24.5 Å². The molecule has 3 heterocycles. The number of pyridine rings is 1. The molecule has 1 aliphatic rings. The molecule has 3 rings (SSSR count). The molecular formula is C11H12N4O. The monoisotopic (exact) mass is 216 g/mol. The van der Waals surface area contributed by atoms with Crippen LogP contribution in [0.1, 0.15) is 23.2 Å². The second kappa shape index (κ2) is 4.02. The van der Waals surface area contributed by atoms with Gasteiger partial charge in [-0.2, -0.15) is 4.98 Å². The van der Waals surface area contributed by atoms with E-state index in [0.29, 0.717) is 11.8 Å². The van der Waals surface area contributed by atoms with E-state index >= 15 is 0 Å². The summed E-state index contributed by atoms with van der Waals surface area (Å²) in [6.07, 6.45) is 5.03. The van der Waals surface area contributed by atoms with E-state index in [1.165, 1.54) is 12.0 Å². The van der Waals surface area contributed by atoms with Crippen LogP contribution >= 0.6 is 0 Å². The average molecular weight is 216 g/mol. The average Bonchev–Trinajstić information content (AvgIpc) is 3.01. The van der Waals surface area contributed by atoms with Gasteiger partial charge < -0.3 is 9.84 Å².